The second-order valence-electron chi connectivity index (χ2n) is 7.31. The van der Waals surface area contributed by atoms with Crippen LogP contribution in [0.25, 0.3) is 0 Å². The van der Waals surface area contributed by atoms with Crippen molar-refractivity contribution in [3.63, 3.8) is 0 Å². The Hall–Kier alpha value is -2.89. The Morgan fingerprint density at radius 3 is 2.89 bits per heavy atom. The SMILES string of the molecule is O=C1CCC(CN(Cc2cccnc2)C(=O)Nc2ccc3c(c2)CCC3)N1. The molecular weight excluding hydrogens is 340 g/mol. The van der Waals surface area contributed by atoms with Gasteiger partial charge in [0, 0.05) is 43.6 Å². The Kier molecular flexibility index (Phi) is 5.05. The topological polar surface area (TPSA) is 74.3 Å². The maximum Gasteiger partial charge on any atom is 0.322 e. The molecule has 1 unspecified atom stereocenters. The van der Waals surface area contributed by atoms with Crippen LogP contribution in [0.3, 0.4) is 0 Å². The van der Waals surface area contributed by atoms with E-state index in [9.17, 15) is 9.59 Å². The van der Waals surface area contributed by atoms with Crippen LogP contribution in [0.4, 0.5) is 10.5 Å². The summed E-state index contributed by atoms with van der Waals surface area (Å²) in [4.78, 5) is 30.4. The van der Waals surface area contributed by atoms with Crippen LogP contribution < -0.4 is 10.6 Å². The third-order valence-corrected chi connectivity index (χ3v) is 5.26. The minimum atomic E-state index is -0.155. The molecule has 2 heterocycles. The monoisotopic (exact) mass is 364 g/mol. The molecule has 2 aromatic rings. The van der Waals surface area contributed by atoms with Crippen molar-refractivity contribution in [2.24, 2.45) is 0 Å². The number of hydrogen-bond donors (Lipinski definition) is 2. The van der Waals surface area contributed by atoms with Crippen molar-refractivity contribution in [2.45, 2.75) is 44.7 Å². The average molecular weight is 364 g/mol. The van der Waals surface area contributed by atoms with Crippen LogP contribution in [0.1, 0.15) is 36.0 Å². The number of carbonyl (C=O) groups is 2. The number of pyridine rings is 1. The number of hydrogen-bond acceptors (Lipinski definition) is 3. The largest absolute Gasteiger partial charge is 0.352 e. The lowest BCUT2D eigenvalue weighted by molar-refractivity contribution is -0.119. The second-order valence-corrected chi connectivity index (χ2v) is 7.31. The number of nitrogens with zero attached hydrogens (tertiary/aromatic N) is 2. The Morgan fingerprint density at radius 2 is 2.11 bits per heavy atom. The van der Waals surface area contributed by atoms with Crippen LogP contribution in [-0.4, -0.2) is 34.4 Å². The zero-order chi connectivity index (χ0) is 18.6. The van der Waals surface area contributed by atoms with E-state index >= 15 is 0 Å². The third kappa shape index (κ3) is 4.27. The molecule has 1 atom stereocenters. The third-order valence-electron chi connectivity index (χ3n) is 5.26. The fraction of sp³-hybridized carbons (Fsp3) is 0.381. The summed E-state index contributed by atoms with van der Waals surface area (Å²) < 4.78 is 0. The first kappa shape index (κ1) is 17.5. The number of nitrogens with one attached hydrogen (secondary N) is 2. The maximum absolute atomic E-state index is 13.0. The first-order chi connectivity index (χ1) is 13.2. The molecule has 4 rings (SSSR count). The van der Waals surface area contributed by atoms with E-state index in [2.05, 4.69) is 27.8 Å². The first-order valence-corrected chi connectivity index (χ1v) is 9.53. The summed E-state index contributed by atoms with van der Waals surface area (Å²) in [5.74, 6) is 0.0559. The van der Waals surface area contributed by atoms with Crippen molar-refractivity contribution in [3.05, 3.63) is 59.4 Å². The zero-order valence-electron chi connectivity index (χ0n) is 15.3. The van der Waals surface area contributed by atoms with Gasteiger partial charge in [-0.05, 0) is 60.6 Å². The van der Waals surface area contributed by atoms with Gasteiger partial charge in [0.15, 0.2) is 0 Å². The number of rotatable bonds is 5. The van der Waals surface area contributed by atoms with Crippen molar-refractivity contribution in [3.8, 4) is 0 Å². The number of anilines is 1. The molecule has 1 aromatic heterocycles. The molecule has 1 aromatic carbocycles. The molecule has 6 heteroatoms. The van der Waals surface area contributed by atoms with E-state index in [1.54, 1.807) is 17.3 Å². The number of urea groups is 1. The van der Waals surface area contributed by atoms with E-state index in [0.717, 1.165) is 30.5 Å². The van der Waals surface area contributed by atoms with Crippen LogP contribution in [0.5, 0.6) is 0 Å². The lowest BCUT2D eigenvalue weighted by Gasteiger charge is -2.26. The van der Waals surface area contributed by atoms with E-state index in [4.69, 9.17) is 0 Å². The summed E-state index contributed by atoms with van der Waals surface area (Å²) in [5.41, 5.74) is 4.50. The number of aryl methyl sites for hydroxylation is 2. The van der Waals surface area contributed by atoms with Crippen LogP contribution >= 0.6 is 0 Å². The highest BCUT2D eigenvalue weighted by Crippen LogP contribution is 2.25. The molecule has 1 saturated heterocycles. The van der Waals surface area contributed by atoms with Gasteiger partial charge in [-0.3, -0.25) is 9.78 Å². The van der Waals surface area contributed by atoms with Gasteiger partial charge in [0.05, 0.1) is 0 Å². The van der Waals surface area contributed by atoms with Crippen LogP contribution in [-0.2, 0) is 24.2 Å². The number of fused-ring (bicyclic) bond motifs is 1. The molecule has 0 bridgehead atoms. The number of aromatic nitrogens is 1. The molecule has 0 radical (unpaired) electrons. The van der Waals surface area contributed by atoms with Crippen LogP contribution in [0.15, 0.2) is 42.7 Å². The fourth-order valence-electron chi connectivity index (χ4n) is 3.86. The highest BCUT2D eigenvalue weighted by atomic mass is 16.2. The van der Waals surface area contributed by atoms with Gasteiger partial charge in [-0.1, -0.05) is 12.1 Å². The molecular formula is C21H24N4O2. The van der Waals surface area contributed by atoms with E-state index in [-0.39, 0.29) is 18.0 Å². The van der Waals surface area contributed by atoms with Crippen molar-refractivity contribution in [2.75, 3.05) is 11.9 Å². The molecule has 1 aliphatic heterocycles. The standard InChI is InChI=1S/C21H24N4O2/c26-20-9-8-19(23-20)14-25(13-15-3-2-10-22-12-15)21(27)24-18-7-6-16-4-1-5-17(16)11-18/h2-3,6-7,10-12,19H,1,4-5,8-9,13-14H2,(H,23,26)(H,24,27). The summed E-state index contributed by atoms with van der Waals surface area (Å²) in [6.07, 6.45) is 8.15. The van der Waals surface area contributed by atoms with Gasteiger partial charge in [-0.15, -0.1) is 0 Å². The molecule has 0 spiro atoms. The molecule has 1 fully saturated rings. The highest BCUT2D eigenvalue weighted by molar-refractivity contribution is 5.89. The molecule has 27 heavy (non-hydrogen) atoms. The van der Waals surface area contributed by atoms with Gasteiger partial charge in [-0.25, -0.2) is 4.79 Å². The van der Waals surface area contributed by atoms with Crippen molar-refractivity contribution >= 4 is 17.6 Å². The smallest absolute Gasteiger partial charge is 0.322 e. The quantitative estimate of drug-likeness (QED) is 0.857. The normalized spacial score (nSPS) is 18.1. The summed E-state index contributed by atoms with van der Waals surface area (Å²) in [7, 11) is 0. The van der Waals surface area contributed by atoms with Crippen molar-refractivity contribution in [1.29, 1.82) is 0 Å². The maximum atomic E-state index is 13.0. The van der Waals surface area contributed by atoms with E-state index < -0.39 is 0 Å². The van der Waals surface area contributed by atoms with E-state index in [1.807, 2.05) is 18.2 Å². The molecule has 3 amide bonds. The van der Waals surface area contributed by atoms with Gasteiger partial charge < -0.3 is 15.5 Å². The zero-order valence-corrected chi connectivity index (χ0v) is 15.3. The molecule has 140 valence electrons. The molecule has 2 N–H and O–H groups in total. The second kappa shape index (κ2) is 7.78. The highest BCUT2D eigenvalue weighted by Gasteiger charge is 2.26. The molecule has 1 aliphatic carbocycles. The van der Waals surface area contributed by atoms with Crippen molar-refractivity contribution < 1.29 is 9.59 Å². The summed E-state index contributed by atoms with van der Waals surface area (Å²) >= 11 is 0. The van der Waals surface area contributed by atoms with Crippen molar-refractivity contribution in [1.82, 2.24) is 15.2 Å². The molecule has 0 saturated carbocycles. The van der Waals surface area contributed by atoms with Gasteiger partial charge in [-0.2, -0.15) is 0 Å². The lowest BCUT2D eigenvalue weighted by Crippen LogP contribution is -2.43. The first-order valence-electron chi connectivity index (χ1n) is 9.53. The van der Waals surface area contributed by atoms with Gasteiger partial charge in [0.25, 0.3) is 0 Å². The Labute approximate surface area is 159 Å². The van der Waals surface area contributed by atoms with Crippen LogP contribution in [0.2, 0.25) is 0 Å². The van der Waals surface area contributed by atoms with Gasteiger partial charge in [0.2, 0.25) is 5.91 Å². The van der Waals surface area contributed by atoms with Gasteiger partial charge >= 0.3 is 6.03 Å². The van der Waals surface area contributed by atoms with E-state index in [0.29, 0.717) is 19.5 Å². The predicted molar refractivity (Wildman–Crippen MR) is 103 cm³/mol. The number of amides is 3. The summed E-state index contributed by atoms with van der Waals surface area (Å²) in [6, 6.07) is 9.83. The Bertz CT molecular complexity index is 837. The molecule has 6 nitrogen and oxygen atoms in total. The predicted octanol–water partition coefficient (Wildman–Crippen LogP) is 2.88. The number of benzene rings is 1. The molecule has 2 aliphatic rings. The summed E-state index contributed by atoms with van der Waals surface area (Å²) in [5, 5.41) is 5.98. The Morgan fingerprint density at radius 1 is 1.22 bits per heavy atom. The average Bonchev–Trinajstić information content (AvgIpc) is 3.30. The summed E-state index contributed by atoms with van der Waals surface area (Å²) in [6.45, 7) is 0.939. The minimum Gasteiger partial charge on any atom is -0.352 e. The number of carbonyl (C=O) groups excluding carboxylic acids is 2. The van der Waals surface area contributed by atoms with Crippen LogP contribution in [0, 0.1) is 0 Å². The minimum absolute atomic E-state index is 0.0000537. The van der Waals surface area contributed by atoms with E-state index in [1.165, 1.54) is 17.5 Å². The lowest BCUT2D eigenvalue weighted by atomic mass is 10.1. The Balaban J connectivity index is 1.48. The fourth-order valence-corrected chi connectivity index (χ4v) is 3.86. The van der Waals surface area contributed by atoms with Gasteiger partial charge in [0.1, 0.15) is 0 Å².